The second kappa shape index (κ2) is 7.00. The van der Waals surface area contributed by atoms with Crippen molar-refractivity contribution in [3.63, 3.8) is 0 Å². The highest BCUT2D eigenvalue weighted by Gasteiger charge is 2.37. The zero-order chi connectivity index (χ0) is 19.1. The van der Waals surface area contributed by atoms with Gasteiger partial charge in [0, 0.05) is 42.1 Å². The maximum Gasteiger partial charge on any atom is 0.253 e. The van der Waals surface area contributed by atoms with Gasteiger partial charge in [0.25, 0.3) is 5.91 Å². The largest absolute Gasteiger partial charge is 0.378 e. The van der Waals surface area contributed by atoms with Crippen LogP contribution in [-0.2, 0) is 4.74 Å². The molecular formula is C21H23N5O2. The number of hydrogen-bond acceptors (Lipinski definition) is 5. The molecule has 0 radical (unpaired) electrons. The number of aromatic nitrogens is 3. The minimum absolute atomic E-state index is 0.0348. The number of nitrogens with one attached hydrogen (secondary N) is 1. The van der Waals surface area contributed by atoms with E-state index in [-0.39, 0.29) is 11.9 Å². The van der Waals surface area contributed by atoms with Crippen molar-refractivity contribution in [2.24, 2.45) is 0 Å². The minimum atomic E-state index is -0.0348. The summed E-state index contributed by atoms with van der Waals surface area (Å²) in [5.41, 5.74) is 1.61. The molecule has 0 unspecified atom stereocenters. The number of carbonyl (C=O) groups is 1. The number of rotatable bonds is 3. The van der Waals surface area contributed by atoms with Gasteiger partial charge in [-0.2, -0.15) is 0 Å². The summed E-state index contributed by atoms with van der Waals surface area (Å²) in [5, 5.41) is 4.19. The van der Waals surface area contributed by atoms with Crippen molar-refractivity contribution >= 4 is 16.8 Å². The predicted octanol–water partition coefficient (Wildman–Crippen LogP) is 2.01. The third-order valence-electron chi connectivity index (χ3n) is 5.97. The highest BCUT2D eigenvalue weighted by Crippen LogP contribution is 2.28. The van der Waals surface area contributed by atoms with Gasteiger partial charge in [0.05, 0.1) is 30.5 Å². The van der Waals surface area contributed by atoms with E-state index in [0.29, 0.717) is 23.5 Å². The molecule has 2 aliphatic heterocycles. The fraction of sp³-hybridized carbons (Fsp3) is 0.381. The SMILES string of the molecule is CN1[C@@H]2COC[C@H]1C[C@@H](NC(=O)c1cn(-c3cnccn3)c3ccccc13)C2. The summed E-state index contributed by atoms with van der Waals surface area (Å²) in [6.07, 6.45) is 8.70. The highest BCUT2D eigenvalue weighted by molar-refractivity contribution is 6.07. The third kappa shape index (κ3) is 2.96. The summed E-state index contributed by atoms with van der Waals surface area (Å²) < 4.78 is 7.61. The lowest BCUT2D eigenvalue weighted by molar-refractivity contribution is -0.0670. The van der Waals surface area contributed by atoms with Crippen molar-refractivity contribution in [3.8, 4) is 5.82 Å². The number of fused-ring (bicyclic) bond motifs is 3. The summed E-state index contributed by atoms with van der Waals surface area (Å²) in [5.74, 6) is 0.663. The summed E-state index contributed by atoms with van der Waals surface area (Å²) in [6, 6.07) is 8.82. The van der Waals surface area contributed by atoms with Crippen molar-refractivity contribution in [3.05, 3.63) is 54.6 Å². The van der Waals surface area contributed by atoms with Crippen LogP contribution in [0.15, 0.2) is 49.1 Å². The van der Waals surface area contributed by atoms with Crippen LogP contribution in [-0.4, -0.2) is 63.7 Å². The Bertz CT molecular complexity index is 988. The van der Waals surface area contributed by atoms with E-state index in [4.69, 9.17) is 4.74 Å². The fourth-order valence-electron chi connectivity index (χ4n) is 4.44. The zero-order valence-corrected chi connectivity index (χ0v) is 15.8. The molecule has 5 rings (SSSR count). The van der Waals surface area contributed by atoms with Gasteiger partial charge in [0.1, 0.15) is 0 Å². The Kier molecular flexibility index (Phi) is 4.33. The van der Waals surface area contributed by atoms with E-state index in [0.717, 1.165) is 37.0 Å². The molecule has 1 amide bonds. The van der Waals surface area contributed by atoms with Gasteiger partial charge in [-0.15, -0.1) is 0 Å². The number of nitrogens with zero attached hydrogens (tertiary/aromatic N) is 4. The van der Waals surface area contributed by atoms with Crippen LogP contribution in [0.5, 0.6) is 0 Å². The molecule has 7 nitrogen and oxygen atoms in total. The molecule has 28 heavy (non-hydrogen) atoms. The van der Waals surface area contributed by atoms with Gasteiger partial charge in [-0.3, -0.25) is 19.2 Å². The second-order valence-corrected chi connectivity index (χ2v) is 7.65. The van der Waals surface area contributed by atoms with Gasteiger partial charge in [-0.25, -0.2) is 4.98 Å². The summed E-state index contributed by atoms with van der Waals surface area (Å²) in [6.45, 7) is 1.48. The van der Waals surface area contributed by atoms with E-state index in [1.807, 2.05) is 35.0 Å². The number of likely N-dealkylation sites (N-methyl/N-ethyl adjacent to an activating group) is 1. The van der Waals surface area contributed by atoms with Gasteiger partial charge in [0.2, 0.25) is 0 Å². The van der Waals surface area contributed by atoms with Crippen LogP contribution in [0, 0.1) is 0 Å². The second-order valence-electron chi connectivity index (χ2n) is 7.65. The third-order valence-corrected chi connectivity index (χ3v) is 5.97. The average Bonchev–Trinajstić information content (AvgIpc) is 3.09. The number of piperidine rings is 1. The summed E-state index contributed by atoms with van der Waals surface area (Å²) >= 11 is 0. The van der Waals surface area contributed by atoms with E-state index in [2.05, 4.69) is 27.2 Å². The number of para-hydroxylation sites is 1. The molecule has 1 aromatic carbocycles. The van der Waals surface area contributed by atoms with Crippen molar-refractivity contribution in [1.29, 1.82) is 0 Å². The Morgan fingerprint density at radius 2 is 1.96 bits per heavy atom. The first-order valence-electron chi connectivity index (χ1n) is 9.67. The Balaban J connectivity index is 1.44. The first kappa shape index (κ1) is 17.3. The van der Waals surface area contributed by atoms with Gasteiger partial charge in [-0.1, -0.05) is 18.2 Å². The smallest absolute Gasteiger partial charge is 0.253 e. The summed E-state index contributed by atoms with van der Waals surface area (Å²) in [7, 11) is 2.16. The van der Waals surface area contributed by atoms with Crippen LogP contribution in [0.4, 0.5) is 0 Å². The molecule has 3 atom stereocenters. The lowest BCUT2D eigenvalue weighted by Gasteiger charge is -2.46. The minimum Gasteiger partial charge on any atom is -0.378 e. The molecule has 144 valence electrons. The molecular weight excluding hydrogens is 354 g/mol. The number of amides is 1. The number of benzene rings is 1. The van der Waals surface area contributed by atoms with Gasteiger partial charge in [0.15, 0.2) is 5.82 Å². The topological polar surface area (TPSA) is 72.3 Å². The normalized spacial score (nSPS) is 25.0. The molecule has 2 bridgehead atoms. The van der Waals surface area contributed by atoms with Crippen molar-refractivity contribution in [2.75, 3.05) is 20.3 Å². The van der Waals surface area contributed by atoms with Crippen molar-refractivity contribution < 1.29 is 9.53 Å². The molecule has 7 heteroatoms. The van der Waals surface area contributed by atoms with E-state index in [1.165, 1.54) is 0 Å². The first-order valence-corrected chi connectivity index (χ1v) is 9.67. The molecule has 2 aliphatic rings. The fourth-order valence-corrected chi connectivity index (χ4v) is 4.44. The molecule has 2 saturated heterocycles. The maximum atomic E-state index is 13.2. The molecule has 0 aliphatic carbocycles. The Hall–Kier alpha value is -2.77. The Labute approximate surface area is 163 Å². The quantitative estimate of drug-likeness (QED) is 0.756. The zero-order valence-electron chi connectivity index (χ0n) is 15.8. The van der Waals surface area contributed by atoms with Crippen molar-refractivity contribution in [1.82, 2.24) is 24.8 Å². The van der Waals surface area contributed by atoms with E-state index < -0.39 is 0 Å². The maximum absolute atomic E-state index is 13.2. The Morgan fingerprint density at radius 3 is 2.71 bits per heavy atom. The van der Waals surface area contributed by atoms with Gasteiger partial charge < -0.3 is 10.1 Å². The van der Waals surface area contributed by atoms with Crippen LogP contribution in [0.1, 0.15) is 23.2 Å². The standard InChI is InChI=1S/C21H23N5O2/c1-25-15-8-14(9-16(25)13-28-12-15)24-21(27)18-11-26(20-10-22-6-7-23-20)19-5-3-2-4-17(18)19/h2-7,10-11,14-16H,8-9,12-13H2,1H3,(H,24,27)/t14-,15-,16+. The lowest BCUT2D eigenvalue weighted by Crippen LogP contribution is -2.59. The monoisotopic (exact) mass is 377 g/mol. The van der Waals surface area contributed by atoms with Crippen molar-refractivity contribution in [2.45, 2.75) is 31.0 Å². The summed E-state index contributed by atoms with van der Waals surface area (Å²) in [4.78, 5) is 24.1. The van der Waals surface area contributed by atoms with Crippen LogP contribution in [0.2, 0.25) is 0 Å². The Morgan fingerprint density at radius 1 is 1.18 bits per heavy atom. The van der Waals surface area contributed by atoms with Crippen LogP contribution >= 0.6 is 0 Å². The molecule has 4 heterocycles. The van der Waals surface area contributed by atoms with E-state index in [9.17, 15) is 4.79 Å². The molecule has 2 aromatic heterocycles. The van der Waals surface area contributed by atoms with E-state index in [1.54, 1.807) is 18.6 Å². The van der Waals surface area contributed by atoms with Gasteiger partial charge in [-0.05, 0) is 26.0 Å². The van der Waals surface area contributed by atoms with E-state index >= 15 is 0 Å². The average molecular weight is 377 g/mol. The van der Waals surface area contributed by atoms with Crippen LogP contribution in [0.25, 0.3) is 16.7 Å². The number of carbonyl (C=O) groups excluding carboxylic acids is 1. The number of ether oxygens (including phenoxy) is 1. The molecule has 0 saturated carbocycles. The molecule has 3 aromatic rings. The number of hydrogen-bond donors (Lipinski definition) is 1. The first-order chi connectivity index (χ1) is 13.7. The van der Waals surface area contributed by atoms with Crippen LogP contribution in [0.3, 0.4) is 0 Å². The number of morpholine rings is 1. The van der Waals surface area contributed by atoms with Gasteiger partial charge >= 0.3 is 0 Å². The van der Waals surface area contributed by atoms with Crippen LogP contribution < -0.4 is 5.32 Å². The molecule has 0 spiro atoms. The lowest BCUT2D eigenvalue weighted by atomic mass is 9.90. The highest BCUT2D eigenvalue weighted by atomic mass is 16.5. The molecule has 2 fully saturated rings. The predicted molar refractivity (Wildman–Crippen MR) is 106 cm³/mol. The molecule has 1 N–H and O–H groups in total.